The molecule has 0 atom stereocenters. The Morgan fingerprint density at radius 1 is 1.15 bits per heavy atom. The van der Waals surface area contributed by atoms with Gasteiger partial charge in [0.05, 0.1) is 10.6 Å². The Bertz CT molecular complexity index is 1070. The molecule has 0 unspecified atom stereocenters. The van der Waals surface area contributed by atoms with Gasteiger partial charge in [-0.3, -0.25) is 14.9 Å². The predicted molar refractivity (Wildman–Crippen MR) is 93.7 cm³/mol. The fourth-order valence-corrected chi connectivity index (χ4v) is 3.16. The molecule has 27 heavy (non-hydrogen) atoms. The summed E-state index contributed by atoms with van der Waals surface area (Å²) < 4.78 is 31.8. The molecule has 0 aliphatic carbocycles. The second-order valence-corrected chi connectivity index (χ2v) is 6.42. The molecule has 1 heterocycles. The summed E-state index contributed by atoms with van der Waals surface area (Å²) in [5.74, 6) is -3.35. The van der Waals surface area contributed by atoms with Crippen molar-refractivity contribution in [2.45, 2.75) is 0 Å². The molecule has 0 saturated carbocycles. The van der Waals surface area contributed by atoms with Gasteiger partial charge in [-0.25, -0.2) is 13.6 Å². The van der Waals surface area contributed by atoms with Crippen molar-refractivity contribution in [3.8, 4) is 0 Å². The summed E-state index contributed by atoms with van der Waals surface area (Å²) in [6, 6.07) is 8.21. The molecule has 138 valence electrons. The molecular weight excluding hydrogens is 382 g/mol. The largest absolute Gasteiger partial charge is 0.451 e. The van der Waals surface area contributed by atoms with Crippen LogP contribution in [0.15, 0.2) is 42.5 Å². The van der Waals surface area contributed by atoms with Crippen molar-refractivity contribution in [2.24, 2.45) is 0 Å². The van der Waals surface area contributed by atoms with Crippen LogP contribution in [0.3, 0.4) is 0 Å². The number of nitro benzene ring substituents is 1. The van der Waals surface area contributed by atoms with Crippen molar-refractivity contribution < 1.29 is 28.0 Å². The van der Waals surface area contributed by atoms with Crippen molar-refractivity contribution in [3.63, 3.8) is 0 Å². The Morgan fingerprint density at radius 3 is 2.63 bits per heavy atom. The van der Waals surface area contributed by atoms with E-state index in [2.05, 4.69) is 5.32 Å². The molecule has 0 aliphatic heterocycles. The lowest BCUT2D eigenvalue weighted by Crippen LogP contribution is -2.21. The summed E-state index contributed by atoms with van der Waals surface area (Å²) in [6.45, 7) is -0.677. The van der Waals surface area contributed by atoms with Gasteiger partial charge < -0.3 is 10.1 Å². The van der Waals surface area contributed by atoms with Gasteiger partial charge in [0.25, 0.3) is 11.6 Å². The first kappa shape index (κ1) is 18.4. The van der Waals surface area contributed by atoms with Crippen LogP contribution in [0.25, 0.3) is 10.1 Å². The number of carbonyl (C=O) groups is 2. The van der Waals surface area contributed by atoms with Crippen LogP contribution in [0.5, 0.6) is 0 Å². The monoisotopic (exact) mass is 392 g/mol. The number of carbonyl (C=O) groups excluding carboxylic acids is 2. The number of non-ortho nitro benzene ring substituents is 1. The highest BCUT2D eigenvalue weighted by molar-refractivity contribution is 7.20. The van der Waals surface area contributed by atoms with Crippen LogP contribution >= 0.6 is 11.3 Å². The van der Waals surface area contributed by atoms with Gasteiger partial charge >= 0.3 is 5.97 Å². The molecule has 1 amide bonds. The number of fused-ring (bicyclic) bond motifs is 1. The van der Waals surface area contributed by atoms with E-state index in [0.29, 0.717) is 16.2 Å². The number of esters is 1. The summed E-state index contributed by atoms with van der Waals surface area (Å²) in [5, 5.41) is 13.4. The van der Waals surface area contributed by atoms with E-state index in [1.807, 2.05) is 0 Å². The lowest BCUT2D eigenvalue weighted by Gasteiger charge is -2.06. The van der Waals surface area contributed by atoms with Gasteiger partial charge in [0, 0.05) is 28.3 Å². The topological polar surface area (TPSA) is 98.5 Å². The number of hydrogen-bond acceptors (Lipinski definition) is 6. The van der Waals surface area contributed by atoms with Crippen LogP contribution in [0.4, 0.5) is 20.2 Å². The molecule has 10 heteroatoms. The minimum absolute atomic E-state index is 0.110. The SMILES string of the molecule is O=C(COC(=O)c1cc2cc([N+](=O)[O-])ccc2s1)Nc1ccc(F)cc1F. The molecule has 1 N–H and O–H groups in total. The van der Waals surface area contributed by atoms with E-state index in [1.54, 1.807) is 0 Å². The Hall–Kier alpha value is -3.40. The minimum atomic E-state index is -0.958. The number of ether oxygens (including phenoxy) is 1. The molecule has 3 aromatic rings. The van der Waals surface area contributed by atoms with Gasteiger partial charge in [0.1, 0.15) is 16.5 Å². The Labute approximate surface area is 154 Å². The second-order valence-electron chi connectivity index (χ2n) is 5.34. The molecule has 7 nitrogen and oxygen atoms in total. The second kappa shape index (κ2) is 7.46. The van der Waals surface area contributed by atoms with Crippen molar-refractivity contribution in [1.29, 1.82) is 0 Å². The number of hydrogen-bond donors (Lipinski definition) is 1. The Kier molecular flexibility index (Phi) is 5.08. The third kappa shape index (κ3) is 4.23. The molecule has 0 aliphatic rings. The van der Waals surface area contributed by atoms with E-state index in [-0.39, 0.29) is 16.3 Å². The zero-order chi connectivity index (χ0) is 19.6. The normalized spacial score (nSPS) is 10.6. The highest BCUT2D eigenvalue weighted by Gasteiger charge is 2.16. The van der Waals surface area contributed by atoms with Crippen molar-refractivity contribution in [1.82, 2.24) is 0 Å². The summed E-state index contributed by atoms with van der Waals surface area (Å²) in [6.07, 6.45) is 0. The first-order valence-electron chi connectivity index (χ1n) is 7.43. The van der Waals surface area contributed by atoms with Gasteiger partial charge in [0.2, 0.25) is 0 Å². The van der Waals surface area contributed by atoms with Gasteiger partial charge in [-0.15, -0.1) is 11.3 Å². The average molecular weight is 392 g/mol. The van der Waals surface area contributed by atoms with Crippen LogP contribution in [-0.4, -0.2) is 23.4 Å². The van der Waals surface area contributed by atoms with Gasteiger partial charge in [0.15, 0.2) is 6.61 Å². The van der Waals surface area contributed by atoms with E-state index in [9.17, 15) is 28.5 Å². The number of halogens is 2. The number of nitrogens with one attached hydrogen (secondary N) is 1. The summed E-state index contributed by atoms with van der Waals surface area (Å²) in [5.41, 5.74) is -0.354. The zero-order valence-corrected chi connectivity index (χ0v) is 14.2. The van der Waals surface area contributed by atoms with Crippen LogP contribution in [0.1, 0.15) is 9.67 Å². The predicted octanol–water partition coefficient (Wildman–Crippen LogP) is 3.88. The molecule has 2 aromatic carbocycles. The lowest BCUT2D eigenvalue weighted by molar-refractivity contribution is -0.384. The van der Waals surface area contributed by atoms with E-state index >= 15 is 0 Å². The molecule has 3 rings (SSSR count). The molecule has 0 spiro atoms. The van der Waals surface area contributed by atoms with Crippen LogP contribution in [0, 0.1) is 21.7 Å². The van der Waals surface area contributed by atoms with E-state index < -0.39 is 35.0 Å². The van der Waals surface area contributed by atoms with Gasteiger partial charge in [-0.2, -0.15) is 0 Å². The molecular formula is C17H10F2N2O5S. The number of anilines is 1. The fraction of sp³-hybridized carbons (Fsp3) is 0.0588. The van der Waals surface area contributed by atoms with Crippen LogP contribution in [0.2, 0.25) is 0 Å². The fourth-order valence-electron chi connectivity index (χ4n) is 2.22. The first-order valence-corrected chi connectivity index (χ1v) is 8.25. The summed E-state index contributed by atoms with van der Waals surface area (Å²) in [7, 11) is 0. The molecule has 0 saturated heterocycles. The standard InChI is InChI=1S/C17H10F2N2O5S/c18-10-1-3-13(12(19)7-10)20-16(22)8-26-17(23)15-6-9-5-11(21(24)25)2-4-14(9)27-15/h1-7H,8H2,(H,20,22). The maximum Gasteiger partial charge on any atom is 0.348 e. The third-order valence-electron chi connectivity index (χ3n) is 3.45. The number of nitrogens with zero attached hydrogens (tertiary/aromatic N) is 1. The van der Waals surface area contributed by atoms with E-state index in [0.717, 1.165) is 23.5 Å². The zero-order valence-electron chi connectivity index (χ0n) is 13.4. The minimum Gasteiger partial charge on any atom is -0.451 e. The number of amides is 1. The Balaban J connectivity index is 1.64. The average Bonchev–Trinajstić information content (AvgIpc) is 3.05. The maximum atomic E-state index is 13.5. The maximum absolute atomic E-state index is 13.5. The van der Waals surface area contributed by atoms with Crippen molar-refractivity contribution >= 4 is 44.7 Å². The highest BCUT2D eigenvalue weighted by Crippen LogP contribution is 2.29. The first-order chi connectivity index (χ1) is 12.8. The molecule has 0 bridgehead atoms. The number of rotatable bonds is 5. The number of nitro groups is 1. The van der Waals surface area contributed by atoms with E-state index in [1.165, 1.54) is 24.3 Å². The van der Waals surface area contributed by atoms with Gasteiger partial charge in [-0.05, 0) is 24.3 Å². The summed E-state index contributed by atoms with van der Waals surface area (Å²) in [4.78, 5) is 34.2. The summed E-state index contributed by atoms with van der Waals surface area (Å²) >= 11 is 1.05. The van der Waals surface area contributed by atoms with E-state index in [4.69, 9.17) is 4.74 Å². The smallest absolute Gasteiger partial charge is 0.348 e. The number of thiophene rings is 1. The third-order valence-corrected chi connectivity index (χ3v) is 4.55. The molecule has 1 aromatic heterocycles. The van der Waals surface area contributed by atoms with Crippen molar-refractivity contribution in [2.75, 3.05) is 11.9 Å². The molecule has 0 fully saturated rings. The van der Waals surface area contributed by atoms with Crippen molar-refractivity contribution in [3.05, 3.63) is 69.1 Å². The quantitative estimate of drug-likeness (QED) is 0.404. The van der Waals surface area contributed by atoms with Gasteiger partial charge in [-0.1, -0.05) is 0 Å². The molecule has 0 radical (unpaired) electrons. The van der Waals surface area contributed by atoms with Crippen LogP contribution in [-0.2, 0) is 9.53 Å². The number of benzene rings is 2. The Morgan fingerprint density at radius 2 is 1.93 bits per heavy atom. The van der Waals surface area contributed by atoms with Crippen LogP contribution < -0.4 is 5.32 Å². The lowest BCUT2D eigenvalue weighted by atomic mass is 10.2. The highest BCUT2D eigenvalue weighted by atomic mass is 32.1.